The molecule has 0 spiro atoms. The molecule has 152 valence electrons. The zero-order chi connectivity index (χ0) is 20.9. The Bertz CT molecular complexity index is 1130. The van der Waals surface area contributed by atoms with E-state index in [0.29, 0.717) is 35.3 Å². The van der Waals surface area contributed by atoms with Gasteiger partial charge in [0, 0.05) is 22.6 Å². The van der Waals surface area contributed by atoms with Gasteiger partial charge in [0.25, 0.3) is 0 Å². The van der Waals surface area contributed by atoms with Crippen molar-refractivity contribution in [1.82, 2.24) is 4.98 Å². The number of thiazole rings is 1. The number of nitriles is 1. The Labute approximate surface area is 178 Å². The summed E-state index contributed by atoms with van der Waals surface area (Å²) < 4.78 is 22.1. The monoisotopic (exact) mass is 420 g/mol. The number of hydrogen-bond donors (Lipinski definition) is 0. The molecule has 0 saturated heterocycles. The van der Waals surface area contributed by atoms with Crippen molar-refractivity contribution < 1.29 is 18.9 Å². The van der Waals surface area contributed by atoms with E-state index in [1.54, 1.807) is 6.08 Å². The molecule has 0 saturated carbocycles. The molecular formula is C23H20N2O4S. The van der Waals surface area contributed by atoms with E-state index in [1.807, 2.05) is 55.6 Å². The summed E-state index contributed by atoms with van der Waals surface area (Å²) in [5.74, 6) is 2.83. The van der Waals surface area contributed by atoms with Crippen LogP contribution in [0, 0.1) is 11.3 Å². The number of benzene rings is 2. The van der Waals surface area contributed by atoms with Crippen LogP contribution < -0.4 is 18.9 Å². The second-order valence-electron chi connectivity index (χ2n) is 6.34. The molecule has 6 nitrogen and oxygen atoms in total. The Morgan fingerprint density at radius 3 is 2.77 bits per heavy atom. The topological polar surface area (TPSA) is 73.6 Å². The molecule has 0 aliphatic carbocycles. The minimum atomic E-state index is 0.229. The third-order valence-electron chi connectivity index (χ3n) is 4.42. The highest BCUT2D eigenvalue weighted by Gasteiger charge is 2.16. The summed E-state index contributed by atoms with van der Waals surface area (Å²) in [6.07, 6.45) is 1.79. The standard InChI is InChI=1S/C23H20N2O4S/c1-3-26-18-7-5-16(21(11-18)27-4-2)9-17(12-24)23-25-19(13-30-23)15-6-8-20-22(10-15)29-14-28-20/h5-11,13H,3-4,14H2,1-2H3. The van der Waals surface area contributed by atoms with Crippen molar-refractivity contribution in [2.75, 3.05) is 20.0 Å². The zero-order valence-electron chi connectivity index (χ0n) is 16.7. The van der Waals surface area contributed by atoms with Gasteiger partial charge in [-0.1, -0.05) is 0 Å². The summed E-state index contributed by atoms with van der Waals surface area (Å²) in [6, 6.07) is 13.6. The van der Waals surface area contributed by atoms with Crippen molar-refractivity contribution in [3.05, 3.63) is 52.3 Å². The number of ether oxygens (including phenoxy) is 4. The predicted molar refractivity (Wildman–Crippen MR) is 116 cm³/mol. The summed E-state index contributed by atoms with van der Waals surface area (Å²) in [7, 11) is 0. The maximum atomic E-state index is 9.75. The lowest BCUT2D eigenvalue weighted by molar-refractivity contribution is 0.174. The van der Waals surface area contributed by atoms with E-state index in [9.17, 15) is 5.26 Å². The first kappa shape index (κ1) is 19.8. The largest absolute Gasteiger partial charge is 0.494 e. The number of fused-ring (bicyclic) bond motifs is 1. The molecule has 0 atom stereocenters. The van der Waals surface area contributed by atoms with E-state index in [2.05, 4.69) is 11.1 Å². The van der Waals surface area contributed by atoms with Crippen molar-refractivity contribution in [1.29, 1.82) is 5.26 Å². The Morgan fingerprint density at radius 2 is 1.97 bits per heavy atom. The highest BCUT2D eigenvalue weighted by atomic mass is 32.1. The molecule has 2 aromatic carbocycles. The maximum Gasteiger partial charge on any atom is 0.231 e. The predicted octanol–water partition coefficient (Wildman–Crippen LogP) is 5.40. The number of nitrogens with zero attached hydrogens (tertiary/aromatic N) is 2. The summed E-state index contributed by atoms with van der Waals surface area (Å²) in [6.45, 7) is 5.18. The fraction of sp³-hybridized carbons (Fsp3) is 0.217. The fourth-order valence-corrected chi connectivity index (χ4v) is 3.85. The molecule has 2 heterocycles. The van der Waals surface area contributed by atoms with Gasteiger partial charge < -0.3 is 18.9 Å². The van der Waals surface area contributed by atoms with Crippen molar-refractivity contribution in [3.8, 4) is 40.3 Å². The highest BCUT2D eigenvalue weighted by Crippen LogP contribution is 2.37. The van der Waals surface area contributed by atoms with Gasteiger partial charge >= 0.3 is 0 Å². The van der Waals surface area contributed by atoms with Gasteiger partial charge in [0.05, 0.1) is 24.5 Å². The van der Waals surface area contributed by atoms with Gasteiger partial charge in [-0.2, -0.15) is 5.26 Å². The highest BCUT2D eigenvalue weighted by molar-refractivity contribution is 7.11. The maximum absolute atomic E-state index is 9.75. The van der Waals surface area contributed by atoms with Crippen LogP contribution in [0.25, 0.3) is 22.9 Å². The van der Waals surface area contributed by atoms with Crippen molar-refractivity contribution in [2.24, 2.45) is 0 Å². The van der Waals surface area contributed by atoms with Crippen molar-refractivity contribution in [3.63, 3.8) is 0 Å². The van der Waals surface area contributed by atoms with Gasteiger partial charge in [0.1, 0.15) is 22.6 Å². The molecule has 1 aliphatic heterocycles. The second kappa shape index (κ2) is 8.89. The van der Waals surface area contributed by atoms with Crippen LogP contribution in [0.2, 0.25) is 0 Å². The first-order valence-electron chi connectivity index (χ1n) is 9.59. The molecule has 3 aromatic rings. The number of rotatable bonds is 7. The normalized spacial score (nSPS) is 12.5. The Balaban J connectivity index is 1.65. The average molecular weight is 420 g/mol. The fourth-order valence-electron chi connectivity index (χ4n) is 3.05. The van der Waals surface area contributed by atoms with Crippen LogP contribution in [-0.4, -0.2) is 25.0 Å². The molecule has 4 rings (SSSR count). The molecule has 0 bridgehead atoms. The number of aromatic nitrogens is 1. The van der Waals surface area contributed by atoms with Crippen molar-refractivity contribution in [2.45, 2.75) is 13.8 Å². The molecule has 0 N–H and O–H groups in total. The van der Waals surface area contributed by atoms with Crippen LogP contribution in [-0.2, 0) is 0 Å². The number of hydrogen-bond acceptors (Lipinski definition) is 7. The van der Waals surface area contributed by atoms with Crippen LogP contribution in [0.3, 0.4) is 0 Å². The van der Waals surface area contributed by atoms with Gasteiger partial charge in [-0.25, -0.2) is 4.98 Å². The molecule has 30 heavy (non-hydrogen) atoms. The molecule has 0 unspecified atom stereocenters. The molecule has 0 fully saturated rings. The summed E-state index contributed by atoms with van der Waals surface area (Å²) in [5.41, 5.74) is 2.97. The van der Waals surface area contributed by atoms with Gasteiger partial charge in [-0.3, -0.25) is 0 Å². The van der Waals surface area contributed by atoms with E-state index < -0.39 is 0 Å². The molecule has 0 amide bonds. The van der Waals surface area contributed by atoms with Crippen LogP contribution in [0.1, 0.15) is 24.4 Å². The SMILES string of the molecule is CCOc1ccc(C=C(C#N)c2nc(-c3ccc4c(c3)OCO4)cs2)c(OCC)c1. The van der Waals surface area contributed by atoms with E-state index in [0.717, 1.165) is 28.3 Å². The summed E-state index contributed by atoms with van der Waals surface area (Å²) in [5, 5.41) is 12.3. The third-order valence-corrected chi connectivity index (χ3v) is 5.29. The van der Waals surface area contributed by atoms with Gasteiger partial charge in [0.2, 0.25) is 6.79 Å². The molecule has 1 aromatic heterocycles. The lowest BCUT2D eigenvalue weighted by Crippen LogP contribution is -1.97. The second-order valence-corrected chi connectivity index (χ2v) is 7.20. The van der Waals surface area contributed by atoms with Crippen LogP contribution >= 0.6 is 11.3 Å². The summed E-state index contributed by atoms with van der Waals surface area (Å²) >= 11 is 1.42. The van der Waals surface area contributed by atoms with Crippen LogP contribution in [0.5, 0.6) is 23.0 Å². The average Bonchev–Trinajstić information content (AvgIpc) is 3.43. The van der Waals surface area contributed by atoms with Crippen molar-refractivity contribution >= 4 is 23.0 Å². The minimum absolute atomic E-state index is 0.229. The lowest BCUT2D eigenvalue weighted by Gasteiger charge is -2.10. The van der Waals surface area contributed by atoms with E-state index >= 15 is 0 Å². The number of allylic oxidation sites excluding steroid dienone is 1. The summed E-state index contributed by atoms with van der Waals surface area (Å²) in [4.78, 5) is 4.66. The quantitative estimate of drug-likeness (QED) is 0.477. The molecule has 0 radical (unpaired) electrons. The van der Waals surface area contributed by atoms with Crippen LogP contribution in [0.15, 0.2) is 41.8 Å². The van der Waals surface area contributed by atoms with Gasteiger partial charge in [-0.05, 0) is 50.3 Å². The Hall–Kier alpha value is -3.50. The minimum Gasteiger partial charge on any atom is -0.494 e. The lowest BCUT2D eigenvalue weighted by atomic mass is 10.1. The zero-order valence-corrected chi connectivity index (χ0v) is 17.5. The van der Waals surface area contributed by atoms with E-state index in [1.165, 1.54) is 11.3 Å². The van der Waals surface area contributed by atoms with E-state index in [-0.39, 0.29) is 6.79 Å². The molecular weight excluding hydrogens is 400 g/mol. The first-order valence-corrected chi connectivity index (χ1v) is 10.5. The molecule has 7 heteroatoms. The third kappa shape index (κ3) is 4.09. The molecule has 1 aliphatic rings. The first-order chi connectivity index (χ1) is 14.7. The Morgan fingerprint density at radius 1 is 1.13 bits per heavy atom. The van der Waals surface area contributed by atoms with E-state index in [4.69, 9.17) is 18.9 Å². The van der Waals surface area contributed by atoms with Crippen LogP contribution in [0.4, 0.5) is 0 Å². The smallest absolute Gasteiger partial charge is 0.231 e. The van der Waals surface area contributed by atoms with Gasteiger partial charge in [0.15, 0.2) is 11.5 Å². The van der Waals surface area contributed by atoms with Gasteiger partial charge in [-0.15, -0.1) is 11.3 Å². The Kier molecular flexibility index (Phi) is 5.87.